The Balaban J connectivity index is 1.57. The minimum atomic E-state index is -0.524. The molecule has 0 aromatic carbocycles. The number of alkyl carbamates (subject to hydrolysis) is 1. The SMILES string of the molecule is O=C(NCc1cccc(CO)n1)OCCOC1CCCCO1. The highest BCUT2D eigenvalue weighted by Crippen LogP contribution is 2.13. The Morgan fingerprint density at radius 2 is 2.23 bits per heavy atom. The van der Waals surface area contributed by atoms with Gasteiger partial charge in [-0.3, -0.25) is 4.98 Å². The Bertz CT molecular complexity index is 463. The van der Waals surface area contributed by atoms with E-state index in [2.05, 4.69) is 10.3 Å². The number of hydrogen-bond donors (Lipinski definition) is 2. The molecule has 2 heterocycles. The first-order chi connectivity index (χ1) is 10.8. The van der Waals surface area contributed by atoms with Gasteiger partial charge in [0.05, 0.1) is 31.1 Å². The third-order valence-corrected chi connectivity index (χ3v) is 3.20. The Labute approximate surface area is 129 Å². The molecule has 1 aliphatic heterocycles. The number of aliphatic hydroxyl groups excluding tert-OH is 1. The van der Waals surface area contributed by atoms with Gasteiger partial charge in [0, 0.05) is 6.61 Å². The van der Waals surface area contributed by atoms with Crippen LogP contribution < -0.4 is 5.32 Å². The topological polar surface area (TPSA) is 89.9 Å². The molecule has 7 heteroatoms. The van der Waals surface area contributed by atoms with Gasteiger partial charge in [0.1, 0.15) is 6.61 Å². The molecule has 1 unspecified atom stereocenters. The highest BCUT2D eigenvalue weighted by atomic mass is 16.7. The monoisotopic (exact) mass is 310 g/mol. The fourth-order valence-corrected chi connectivity index (χ4v) is 2.09. The van der Waals surface area contributed by atoms with Crippen molar-refractivity contribution in [3.05, 3.63) is 29.6 Å². The summed E-state index contributed by atoms with van der Waals surface area (Å²) < 4.78 is 15.9. The second-order valence-electron chi connectivity index (χ2n) is 4.93. The summed E-state index contributed by atoms with van der Waals surface area (Å²) in [6.07, 6.45) is 2.37. The van der Waals surface area contributed by atoms with Crippen LogP contribution in [0.2, 0.25) is 0 Å². The van der Waals surface area contributed by atoms with Gasteiger partial charge in [-0.25, -0.2) is 4.79 Å². The van der Waals surface area contributed by atoms with Crippen LogP contribution in [0.25, 0.3) is 0 Å². The molecule has 1 fully saturated rings. The van der Waals surface area contributed by atoms with E-state index in [0.717, 1.165) is 25.9 Å². The fraction of sp³-hybridized carbons (Fsp3) is 0.600. The van der Waals surface area contributed by atoms with Crippen molar-refractivity contribution in [1.82, 2.24) is 10.3 Å². The first-order valence-corrected chi connectivity index (χ1v) is 7.47. The Morgan fingerprint density at radius 3 is 3.00 bits per heavy atom. The molecule has 0 aliphatic carbocycles. The van der Waals surface area contributed by atoms with Crippen LogP contribution in [0.3, 0.4) is 0 Å². The van der Waals surface area contributed by atoms with Crippen molar-refractivity contribution in [1.29, 1.82) is 0 Å². The van der Waals surface area contributed by atoms with E-state index in [9.17, 15) is 4.79 Å². The van der Waals surface area contributed by atoms with Crippen molar-refractivity contribution in [2.75, 3.05) is 19.8 Å². The van der Waals surface area contributed by atoms with Gasteiger partial charge >= 0.3 is 6.09 Å². The van der Waals surface area contributed by atoms with Gasteiger partial charge in [-0.15, -0.1) is 0 Å². The number of nitrogens with zero attached hydrogens (tertiary/aromatic N) is 1. The van der Waals surface area contributed by atoms with Crippen molar-refractivity contribution < 1.29 is 24.1 Å². The maximum Gasteiger partial charge on any atom is 0.407 e. The van der Waals surface area contributed by atoms with Crippen LogP contribution in [0.15, 0.2) is 18.2 Å². The van der Waals surface area contributed by atoms with E-state index in [-0.39, 0.29) is 26.0 Å². The summed E-state index contributed by atoms with van der Waals surface area (Å²) in [4.78, 5) is 15.7. The molecule has 1 amide bonds. The van der Waals surface area contributed by atoms with Gasteiger partial charge in [0.15, 0.2) is 6.29 Å². The summed E-state index contributed by atoms with van der Waals surface area (Å²) in [5.41, 5.74) is 1.23. The summed E-state index contributed by atoms with van der Waals surface area (Å²) in [7, 11) is 0. The van der Waals surface area contributed by atoms with Crippen molar-refractivity contribution in [3.63, 3.8) is 0 Å². The van der Waals surface area contributed by atoms with Gasteiger partial charge in [0.25, 0.3) is 0 Å². The number of carbonyl (C=O) groups is 1. The number of aliphatic hydroxyl groups is 1. The lowest BCUT2D eigenvalue weighted by atomic mass is 10.2. The molecule has 2 rings (SSSR count). The molecular weight excluding hydrogens is 288 g/mol. The van der Waals surface area contributed by atoms with Gasteiger partial charge in [-0.2, -0.15) is 0 Å². The summed E-state index contributed by atoms with van der Waals surface area (Å²) >= 11 is 0. The molecule has 2 N–H and O–H groups in total. The fourth-order valence-electron chi connectivity index (χ4n) is 2.09. The van der Waals surface area contributed by atoms with Gasteiger partial charge in [-0.05, 0) is 31.4 Å². The van der Waals surface area contributed by atoms with Crippen LogP contribution >= 0.6 is 0 Å². The lowest BCUT2D eigenvalue weighted by molar-refractivity contribution is -0.166. The molecular formula is C15H22N2O5. The second-order valence-corrected chi connectivity index (χ2v) is 4.93. The van der Waals surface area contributed by atoms with Crippen LogP contribution in [0.5, 0.6) is 0 Å². The Hall–Kier alpha value is -1.70. The zero-order valence-corrected chi connectivity index (χ0v) is 12.5. The average molecular weight is 310 g/mol. The number of ether oxygens (including phenoxy) is 3. The zero-order chi connectivity index (χ0) is 15.6. The van der Waals surface area contributed by atoms with Crippen LogP contribution in [0, 0.1) is 0 Å². The smallest absolute Gasteiger partial charge is 0.407 e. The third-order valence-electron chi connectivity index (χ3n) is 3.20. The highest BCUT2D eigenvalue weighted by Gasteiger charge is 2.13. The predicted molar refractivity (Wildman–Crippen MR) is 77.9 cm³/mol. The van der Waals surface area contributed by atoms with E-state index in [1.54, 1.807) is 18.2 Å². The van der Waals surface area contributed by atoms with Crippen LogP contribution in [0.1, 0.15) is 30.7 Å². The number of carbonyl (C=O) groups excluding carboxylic acids is 1. The minimum Gasteiger partial charge on any atom is -0.447 e. The van der Waals surface area contributed by atoms with E-state index in [1.807, 2.05) is 0 Å². The molecule has 1 saturated heterocycles. The van der Waals surface area contributed by atoms with Gasteiger partial charge in [0.2, 0.25) is 0 Å². The normalized spacial score (nSPS) is 18.0. The standard InChI is InChI=1S/C15H22N2O5/c18-11-13-5-3-4-12(17-13)10-16-15(19)22-9-8-21-14-6-1-2-7-20-14/h3-5,14,18H,1-2,6-11H2,(H,16,19). The van der Waals surface area contributed by atoms with E-state index in [4.69, 9.17) is 19.3 Å². The lowest BCUT2D eigenvalue weighted by Gasteiger charge is -2.22. The molecule has 0 saturated carbocycles. The van der Waals surface area contributed by atoms with Crippen LogP contribution in [-0.2, 0) is 27.4 Å². The summed E-state index contributed by atoms with van der Waals surface area (Å²) in [5.74, 6) is 0. The molecule has 1 aliphatic rings. The molecule has 0 bridgehead atoms. The highest BCUT2D eigenvalue weighted by molar-refractivity contribution is 5.67. The first kappa shape index (κ1) is 16.7. The van der Waals surface area contributed by atoms with E-state index in [1.165, 1.54) is 0 Å². The maximum absolute atomic E-state index is 11.5. The number of rotatable bonds is 7. The van der Waals surface area contributed by atoms with E-state index in [0.29, 0.717) is 18.0 Å². The summed E-state index contributed by atoms with van der Waals surface area (Å²) in [5, 5.41) is 11.6. The zero-order valence-electron chi connectivity index (χ0n) is 12.5. The molecule has 1 atom stereocenters. The average Bonchev–Trinajstić information content (AvgIpc) is 2.58. The molecule has 0 spiro atoms. The first-order valence-electron chi connectivity index (χ1n) is 7.47. The molecule has 22 heavy (non-hydrogen) atoms. The number of amides is 1. The quantitative estimate of drug-likeness (QED) is 0.739. The lowest BCUT2D eigenvalue weighted by Crippen LogP contribution is -2.28. The summed E-state index contributed by atoms with van der Waals surface area (Å²) in [6.45, 7) is 1.34. The predicted octanol–water partition coefficient (Wildman–Crippen LogP) is 1.34. The third kappa shape index (κ3) is 5.97. The maximum atomic E-state index is 11.5. The van der Waals surface area contributed by atoms with Crippen molar-refractivity contribution in [2.24, 2.45) is 0 Å². The van der Waals surface area contributed by atoms with E-state index >= 15 is 0 Å². The number of pyridine rings is 1. The van der Waals surface area contributed by atoms with Crippen LogP contribution in [0.4, 0.5) is 4.79 Å². The number of nitrogens with one attached hydrogen (secondary N) is 1. The van der Waals surface area contributed by atoms with Crippen molar-refractivity contribution in [3.8, 4) is 0 Å². The van der Waals surface area contributed by atoms with Gasteiger partial charge < -0.3 is 24.6 Å². The second kappa shape index (κ2) is 9.34. The Morgan fingerprint density at radius 1 is 1.36 bits per heavy atom. The van der Waals surface area contributed by atoms with E-state index < -0.39 is 6.09 Å². The number of aromatic nitrogens is 1. The van der Waals surface area contributed by atoms with Crippen molar-refractivity contribution in [2.45, 2.75) is 38.7 Å². The molecule has 1 aromatic rings. The van der Waals surface area contributed by atoms with Crippen LogP contribution in [-0.4, -0.2) is 42.3 Å². The molecule has 7 nitrogen and oxygen atoms in total. The molecule has 1 aromatic heterocycles. The number of hydrogen-bond acceptors (Lipinski definition) is 6. The molecule has 122 valence electrons. The van der Waals surface area contributed by atoms with Crippen molar-refractivity contribution >= 4 is 6.09 Å². The minimum absolute atomic E-state index is 0.126. The molecule has 0 radical (unpaired) electrons. The van der Waals surface area contributed by atoms with Gasteiger partial charge in [-0.1, -0.05) is 6.07 Å². The summed E-state index contributed by atoms with van der Waals surface area (Å²) in [6, 6.07) is 5.26. The Kier molecular flexibility index (Phi) is 7.08. The largest absolute Gasteiger partial charge is 0.447 e.